The summed E-state index contributed by atoms with van der Waals surface area (Å²) >= 11 is 0. The molecule has 1 fully saturated rings. The molecule has 27 heavy (non-hydrogen) atoms. The highest BCUT2D eigenvalue weighted by atomic mass is 19.4. The summed E-state index contributed by atoms with van der Waals surface area (Å²) in [4.78, 5) is 28.8. The minimum absolute atomic E-state index is 0.158. The van der Waals surface area contributed by atoms with Crippen molar-refractivity contribution in [3.8, 4) is 5.88 Å². The highest BCUT2D eigenvalue weighted by molar-refractivity contribution is 5.91. The molecule has 0 radical (unpaired) electrons. The second kappa shape index (κ2) is 8.20. The summed E-state index contributed by atoms with van der Waals surface area (Å²) in [6.45, 7) is 1.50. The number of nitrogens with two attached hydrogens (primary N) is 1. The molecule has 0 spiro atoms. The van der Waals surface area contributed by atoms with Crippen molar-refractivity contribution in [2.75, 3.05) is 20.3 Å². The number of amides is 1. The number of imidazole rings is 1. The summed E-state index contributed by atoms with van der Waals surface area (Å²) in [5.41, 5.74) is 6.99. The summed E-state index contributed by atoms with van der Waals surface area (Å²) in [6.07, 6.45) is 0.294. The molecule has 1 aliphatic rings. The standard InChI is InChI=1S/C13H16N4O3.C2HF3O2/c1-19-13-12-15-9(8-2-4-20-5-3-8)6-17(12)7-10(16-13)11(14)18;3-2(4,5)1(6)7/h6-8H,2-5H2,1H3,(H2,14,18);(H,6,7). The molecule has 0 unspecified atom stereocenters. The molecule has 0 aliphatic carbocycles. The van der Waals surface area contributed by atoms with Crippen molar-refractivity contribution < 1.29 is 37.3 Å². The number of halogens is 3. The third kappa shape index (κ3) is 5.06. The van der Waals surface area contributed by atoms with Crippen LogP contribution < -0.4 is 10.5 Å². The Hall–Kier alpha value is -2.89. The Labute approximate surface area is 150 Å². The van der Waals surface area contributed by atoms with Gasteiger partial charge in [-0.25, -0.2) is 14.8 Å². The zero-order chi connectivity index (χ0) is 20.2. The molecule has 3 heterocycles. The Morgan fingerprint density at radius 3 is 2.37 bits per heavy atom. The number of methoxy groups -OCH3 is 1. The van der Waals surface area contributed by atoms with Gasteiger partial charge in [0.25, 0.3) is 11.8 Å². The van der Waals surface area contributed by atoms with Gasteiger partial charge in [-0.3, -0.25) is 9.20 Å². The summed E-state index contributed by atoms with van der Waals surface area (Å²) in [6, 6.07) is 0. The van der Waals surface area contributed by atoms with E-state index in [2.05, 4.69) is 9.97 Å². The van der Waals surface area contributed by atoms with E-state index in [-0.39, 0.29) is 5.69 Å². The van der Waals surface area contributed by atoms with E-state index in [1.54, 1.807) is 10.6 Å². The molecule has 3 N–H and O–H groups in total. The number of carbonyl (C=O) groups excluding carboxylic acids is 1. The molecular formula is C15H17F3N4O5. The number of hydrogen-bond donors (Lipinski definition) is 2. The average molecular weight is 390 g/mol. The van der Waals surface area contributed by atoms with Crippen molar-refractivity contribution in [2.24, 2.45) is 5.73 Å². The van der Waals surface area contributed by atoms with Gasteiger partial charge in [-0.15, -0.1) is 0 Å². The largest absolute Gasteiger partial charge is 0.490 e. The smallest absolute Gasteiger partial charge is 0.478 e. The maximum atomic E-state index is 11.3. The topological polar surface area (TPSA) is 129 Å². The number of carboxylic acid groups (broad SMARTS) is 1. The molecule has 1 aliphatic heterocycles. The normalized spacial score (nSPS) is 15.1. The van der Waals surface area contributed by atoms with Gasteiger partial charge in [0.05, 0.1) is 12.8 Å². The number of rotatable bonds is 3. The molecule has 2 aromatic heterocycles. The summed E-state index contributed by atoms with van der Waals surface area (Å²) in [7, 11) is 1.50. The van der Waals surface area contributed by atoms with Gasteiger partial charge in [-0.2, -0.15) is 13.2 Å². The Morgan fingerprint density at radius 2 is 1.89 bits per heavy atom. The molecule has 0 saturated carbocycles. The molecule has 12 heteroatoms. The minimum atomic E-state index is -5.08. The summed E-state index contributed by atoms with van der Waals surface area (Å²) in [5, 5.41) is 7.12. The second-order valence-electron chi connectivity index (χ2n) is 5.59. The van der Waals surface area contributed by atoms with E-state index >= 15 is 0 Å². The van der Waals surface area contributed by atoms with Crippen LogP contribution in [0.15, 0.2) is 12.4 Å². The first-order valence-electron chi connectivity index (χ1n) is 7.74. The van der Waals surface area contributed by atoms with Crippen LogP contribution in [0.3, 0.4) is 0 Å². The van der Waals surface area contributed by atoms with Crippen LogP contribution >= 0.6 is 0 Å². The van der Waals surface area contributed by atoms with Crippen molar-refractivity contribution in [3.63, 3.8) is 0 Å². The molecule has 0 atom stereocenters. The first-order chi connectivity index (χ1) is 12.6. The number of alkyl halides is 3. The van der Waals surface area contributed by atoms with E-state index in [9.17, 15) is 18.0 Å². The number of hydrogen-bond acceptors (Lipinski definition) is 6. The summed E-state index contributed by atoms with van der Waals surface area (Å²) < 4.78 is 44.0. The van der Waals surface area contributed by atoms with Crippen LogP contribution in [0.2, 0.25) is 0 Å². The molecular weight excluding hydrogens is 373 g/mol. The van der Waals surface area contributed by atoms with Crippen LogP contribution in [0.25, 0.3) is 5.65 Å². The highest BCUT2D eigenvalue weighted by Gasteiger charge is 2.38. The summed E-state index contributed by atoms with van der Waals surface area (Å²) in [5.74, 6) is -2.68. The maximum absolute atomic E-state index is 11.3. The van der Waals surface area contributed by atoms with E-state index in [0.717, 1.165) is 31.7 Å². The quantitative estimate of drug-likeness (QED) is 0.810. The number of primary amides is 1. The number of aliphatic carboxylic acids is 1. The number of carbonyl (C=O) groups is 2. The van der Waals surface area contributed by atoms with Gasteiger partial charge < -0.3 is 20.3 Å². The Bertz CT molecular complexity index is 831. The van der Waals surface area contributed by atoms with Crippen LogP contribution in [0.1, 0.15) is 34.9 Å². The lowest BCUT2D eigenvalue weighted by molar-refractivity contribution is -0.192. The zero-order valence-corrected chi connectivity index (χ0v) is 14.2. The van der Waals surface area contributed by atoms with Gasteiger partial charge in [0.2, 0.25) is 5.65 Å². The van der Waals surface area contributed by atoms with E-state index in [1.807, 2.05) is 6.20 Å². The number of fused-ring (bicyclic) bond motifs is 1. The Morgan fingerprint density at radius 1 is 1.30 bits per heavy atom. The third-order valence-electron chi connectivity index (χ3n) is 3.75. The molecule has 1 saturated heterocycles. The van der Waals surface area contributed by atoms with Crippen molar-refractivity contribution >= 4 is 17.5 Å². The number of aromatic nitrogens is 3. The monoisotopic (exact) mass is 390 g/mol. The van der Waals surface area contributed by atoms with E-state index in [1.165, 1.54) is 7.11 Å². The number of nitrogens with zero attached hydrogens (tertiary/aromatic N) is 3. The first kappa shape index (κ1) is 20.4. The molecule has 0 aromatic carbocycles. The van der Waals surface area contributed by atoms with Crippen LogP contribution in [0.4, 0.5) is 13.2 Å². The Kier molecular flexibility index (Phi) is 6.20. The van der Waals surface area contributed by atoms with Crippen LogP contribution in [-0.2, 0) is 9.53 Å². The lowest BCUT2D eigenvalue weighted by Crippen LogP contribution is -2.21. The predicted molar refractivity (Wildman–Crippen MR) is 84.5 cm³/mol. The lowest BCUT2D eigenvalue weighted by atomic mass is 9.97. The molecule has 0 bridgehead atoms. The van der Waals surface area contributed by atoms with Crippen LogP contribution in [0, 0.1) is 0 Å². The van der Waals surface area contributed by atoms with Gasteiger partial charge >= 0.3 is 12.1 Å². The van der Waals surface area contributed by atoms with Crippen LogP contribution in [-0.4, -0.2) is 57.9 Å². The van der Waals surface area contributed by atoms with E-state index in [0.29, 0.717) is 17.4 Å². The van der Waals surface area contributed by atoms with E-state index < -0.39 is 18.1 Å². The predicted octanol–water partition coefficient (Wildman–Crippen LogP) is 1.36. The van der Waals surface area contributed by atoms with E-state index in [4.69, 9.17) is 25.1 Å². The zero-order valence-electron chi connectivity index (χ0n) is 14.2. The fourth-order valence-corrected chi connectivity index (χ4v) is 2.43. The van der Waals surface area contributed by atoms with Crippen molar-refractivity contribution in [3.05, 3.63) is 23.8 Å². The lowest BCUT2D eigenvalue weighted by Gasteiger charge is -2.19. The maximum Gasteiger partial charge on any atom is 0.490 e. The number of ether oxygens (including phenoxy) is 2. The second-order valence-corrected chi connectivity index (χ2v) is 5.59. The van der Waals surface area contributed by atoms with Gasteiger partial charge in [0.1, 0.15) is 5.69 Å². The van der Waals surface area contributed by atoms with Gasteiger partial charge in [-0.1, -0.05) is 0 Å². The SMILES string of the molecule is COc1nc(C(N)=O)cn2cc(C3CCOCC3)nc12.O=C(O)C(F)(F)F. The van der Waals surface area contributed by atoms with Crippen LogP contribution in [0.5, 0.6) is 5.88 Å². The average Bonchev–Trinajstić information content (AvgIpc) is 3.05. The third-order valence-corrected chi connectivity index (χ3v) is 3.75. The highest BCUT2D eigenvalue weighted by Crippen LogP contribution is 2.28. The first-order valence-corrected chi connectivity index (χ1v) is 7.74. The minimum Gasteiger partial charge on any atom is -0.478 e. The van der Waals surface area contributed by atoms with Gasteiger partial charge in [0, 0.05) is 31.5 Å². The Balaban J connectivity index is 0.000000321. The fourth-order valence-electron chi connectivity index (χ4n) is 2.43. The molecule has 1 amide bonds. The van der Waals surface area contributed by atoms with Gasteiger partial charge in [-0.05, 0) is 12.8 Å². The van der Waals surface area contributed by atoms with Gasteiger partial charge in [0.15, 0.2) is 0 Å². The molecule has 3 rings (SSSR count). The molecule has 9 nitrogen and oxygen atoms in total. The molecule has 2 aromatic rings. The number of carboxylic acids is 1. The fraction of sp³-hybridized carbons (Fsp3) is 0.467. The molecule has 148 valence electrons. The van der Waals surface area contributed by atoms with Crippen molar-refractivity contribution in [2.45, 2.75) is 24.9 Å². The van der Waals surface area contributed by atoms with Crippen molar-refractivity contribution in [1.29, 1.82) is 0 Å². The van der Waals surface area contributed by atoms with Crippen molar-refractivity contribution in [1.82, 2.24) is 14.4 Å².